The quantitative estimate of drug-likeness (QED) is 0.863. The van der Waals surface area contributed by atoms with Crippen molar-refractivity contribution in [3.05, 3.63) is 35.4 Å². The van der Waals surface area contributed by atoms with E-state index in [-0.39, 0.29) is 12.5 Å². The standard InChI is InChI=1S/C17H21NO3/c19-12-14-5-8-18(9-6-14)17(20)4-2-13-1-3-16-15(11-13)7-10-21-16/h1-4,11,14,19H,5-10,12H2/b4-2+. The number of amides is 1. The van der Waals surface area contributed by atoms with Gasteiger partial charge in [-0.25, -0.2) is 0 Å². The second kappa shape index (κ2) is 6.31. The fourth-order valence-corrected chi connectivity index (χ4v) is 2.92. The van der Waals surface area contributed by atoms with Gasteiger partial charge in [0.25, 0.3) is 0 Å². The molecule has 0 atom stereocenters. The number of carbonyl (C=O) groups is 1. The maximum atomic E-state index is 12.2. The predicted molar refractivity (Wildman–Crippen MR) is 81.1 cm³/mol. The molecule has 0 saturated carbocycles. The minimum absolute atomic E-state index is 0.0585. The highest BCUT2D eigenvalue weighted by Gasteiger charge is 2.20. The summed E-state index contributed by atoms with van der Waals surface area (Å²) in [6.07, 6.45) is 6.26. The van der Waals surface area contributed by atoms with Crippen LogP contribution in [0.25, 0.3) is 6.08 Å². The Kier molecular flexibility index (Phi) is 4.25. The summed E-state index contributed by atoms with van der Waals surface area (Å²) in [7, 11) is 0. The Hall–Kier alpha value is -1.81. The zero-order valence-electron chi connectivity index (χ0n) is 12.1. The van der Waals surface area contributed by atoms with Crippen LogP contribution < -0.4 is 4.74 Å². The van der Waals surface area contributed by atoms with E-state index >= 15 is 0 Å². The number of benzene rings is 1. The van der Waals surface area contributed by atoms with Gasteiger partial charge in [0.05, 0.1) is 6.61 Å². The summed E-state index contributed by atoms with van der Waals surface area (Å²) in [5.41, 5.74) is 2.26. The zero-order chi connectivity index (χ0) is 14.7. The molecular weight excluding hydrogens is 266 g/mol. The van der Waals surface area contributed by atoms with E-state index in [1.165, 1.54) is 5.56 Å². The van der Waals surface area contributed by atoms with Crippen LogP contribution in [-0.2, 0) is 11.2 Å². The molecule has 1 amide bonds. The van der Waals surface area contributed by atoms with Gasteiger partial charge in [-0.2, -0.15) is 0 Å². The average molecular weight is 287 g/mol. The second-order valence-electron chi connectivity index (χ2n) is 5.75. The Balaban J connectivity index is 1.59. The third kappa shape index (κ3) is 3.27. The molecule has 1 aromatic rings. The van der Waals surface area contributed by atoms with Crippen molar-refractivity contribution in [2.45, 2.75) is 19.3 Å². The van der Waals surface area contributed by atoms with Crippen molar-refractivity contribution in [1.82, 2.24) is 4.90 Å². The van der Waals surface area contributed by atoms with Crippen LogP contribution in [0, 0.1) is 5.92 Å². The summed E-state index contributed by atoms with van der Waals surface area (Å²) in [6, 6.07) is 6.04. The van der Waals surface area contributed by atoms with Crippen LogP contribution in [0.4, 0.5) is 0 Å². The van der Waals surface area contributed by atoms with Crippen molar-refractivity contribution < 1.29 is 14.6 Å². The van der Waals surface area contributed by atoms with Crippen molar-refractivity contribution >= 4 is 12.0 Å². The minimum atomic E-state index is 0.0585. The summed E-state index contributed by atoms with van der Waals surface area (Å²) in [5.74, 6) is 1.38. The summed E-state index contributed by atoms with van der Waals surface area (Å²) >= 11 is 0. The molecule has 1 N–H and O–H groups in total. The van der Waals surface area contributed by atoms with Gasteiger partial charge in [-0.3, -0.25) is 4.79 Å². The van der Waals surface area contributed by atoms with Gasteiger partial charge in [0.1, 0.15) is 5.75 Å². The topological polar surface area (TPSA) is 49.8 Å². The van der Waals surface area contributed by atoms with Crippen molar-refractivity contribution in [1.29, 1.82) is 0 Å². The number of hydrogen-bond donors (Lipinski definition) is 1. The number of aliphatic hydroxyl groups is 1. The van der Waals surface area contributed by atoms with Crippen LogP contribution in [0.5, 0.6) is 5.75 Å². The van der Waals surface area contributed by atoms with E-state index in [1.54, 1.807) is 6.08 Å². The molecule has 1 fully saturated rings. The Bertz CT molecular complexity index is 545. The molecule has 2 aliphatic rings. The molecule has 1 saturated heterocycles. The Morgan fingerprint density at radius 1 is 1.38 bits per heavy atom. The number of carbonyl (C=O) groups excluding carboxylic acids is 1. The number of fused-ring (bicyclic) bond motifs is 1. The molecule has 0 unspecified atom stereocenters. The first-order valence-electron chi connectivity index (χ1n) is 7.60. The van der Waals surface area contributed by atoms with E-state index in [9.17, 15) is 4.79 Å². The van der Waals surface area contributed by atoms with Gasteiger partial charge in [0.2, 0.25) is 5.91 Å². The fraction of sp³-hybridized carbons (Fsp3) is 0.471. The lowest BCUT2D eigenvalue weighted by Crippen LogP contribution is -2.38. The Labute approximate surface area is 125 Å². The summed E-state index contributed by atoms with van der Waals surface area (Å²) in [6.45, 7) is 2.47. The molecule has 4 nitrogen and oxygen atoms in total. The normalized spacial score (nSPS) is 18.8. The molecule has 0 aliphatic carbocycles. The highest BCUT2D eigenvalue weighted by molar-refractivity contribution is 5.91. The lowest BCUT2D eigenvalue weighted by molar-refractivity contribution is -0.127. The average Bonchev–Trinajstić information content (AvgIpc) is 3.00. The number of rotatable bonds is 3. The maximum absolute atomic E-state index is 12.2. The highest BCUT2D eigenvalue weighted by Crippen LogP contribution is 2.26. The van der Waals surface area contributed by atoms with Crippen LogP contribution in [-0.4, -0.2) is 42.2 Å². The van der Waals surface area contributed by atoms with Crippen molar-refractivity contribution in [3.8, 4) is 5.75 Å². The zero-order valence-corrected chi connectivity index (χ0v) is 12.1. The van der Waals surface area contributed by atoms with E-state index < -0.39 is 0 Å². The number of nitrogens with zero attached hydrogens (tertiary/aromatic N) is 1. The number of likely N-dealkylation sites (tertiary alicyclic amines) is 1. The van der Waals surface area contributed by atoms with Crippen molar-refractivity contribution in [2.75, 3.05) is 26.3 Å². The van der Waals surface area contributed by atoms with Gasteiger partial charge >= 0.3 is 0 Å². The summed E-state index contributed by atoms with van der Waals surface area (Å²) in [5, 5.41) is 9.12. The van der Waals surface area contributed by atoms with Gasteiger partial charge in [0.15, 0.2) is 0 Å². The van der Waals surface area contributed by atoms with Crippen molar-refractivity contribution in [2.24, 2.45) is 5.92 Å². The lowest BCUT2D eigenvalue weighted by Gasteiger charge is -2.30. The summed E-state index contributed by atoms with van der Waals surface area (Å²) in [4.78, 5) is 14.0. The van der Waals surface area contributed by atoms with E-state index in [0.717, 1.165) is 50.3 Å². The van der Waals surface area contributed by atoms with E-state index in [1.807, 2.05) is 23.1 Å². The van der Waals surface area contributed by atoms with Crippen LogP contribution in [0.15, 0.2) is 24.3 Å². The van der Waals surface area contributed by atoms with Gasteiger partial charge in [0, 0.05) is 32.2 Å². The van der Waals surface area contributed by atoms with Gasteiger partial charge < -0.3 is 14.7 Å². The summed E-state index contributed by atoms with van der Waals surface area (Å²) < 4.78 is 5.48. The SMILES string of the molecule is O=C(/C=C/c1ccc2c(c1)CCO2)N1CCC(CO)CC1. The Morgan fingerprint density at radius 3 is 2.95 bits per heavy atom. The van der Waals surface area contributed by atoms with Crippen molar-refractivity contribution in [3.63, 3.8) is 0 Å². The number of ether oxygens (including phenoxy) is 1. The van der Waals surface area contributed by atoms with Gasteiger partial charge in [-0.1, -0.05) is 6.07 Å². The first-order valence-corrected chi connectivity index (χ1v) is 7.60. The first-order chi connectivity index (χ1) is 10.3. The van der Waals surface area contributed by atoms with Crippen LogP contribution in [0.2, 0.25) is 0 Å². The van der Waals surface area contributed by atoms with Crippen LogP contribution >= 0.6 is 0 Å². The van der Waals surface area contributed by atoms with Crippen LogP contribution in [0.1, 0.15) is 24.0 Å². The molecule has 0 bridgehead atoms. The maximum Gasteiger partial charge on any atom is 0.246 e. The molecular formula is C17H21NO3. The molecule has 2 aliphatic heterocycles. The molecule has 2 heterocycles. The molecule has 0 aromatic heterocycles. The number of hydrogen-bond acceptors (Lipinski definition) is 3. The monoisotopic (exact) mass is 287 g/mol. The van der Waals surface area contributed by atoms with E-state index in [2.05, 4.69) is 6.07 Å². The molecule has 3 rings (SSSR count). The van der Waals surface area contributed by atoms with Gasteiger partial charge in [-0.05, 0) is 48.1 Å². The third-order valence-corrected chi connectivity index (χ3v) is 4.32. The highest BCUT2D eigenvalue weighted by atomic mass is 16.5. The Morgan fingerprint density at radius 2 is 2.19 bits per heavy atom. The molecule has 1 aromatic carbocycles. The molecule has 4 heteroatoms. The fourth-order valence-electron chi connectivity index (χ4n) is 2.92. The second-order valence-corrected chi connectivity index (χ2v) is 5.75. The molecule has 0 radical (unpaired) electrons. The lowest BCUT2D eigenvalue weighted by atomic mass is 9.98. The van der Waals surface area contributed by atoms with Gasteiger partial charge in [-0.15, -0.1) is 0 Å². The van der Waals surface area contributed by atoms with Crippen LogP contribution in [0.3, 0.4) is 0 Å². The first kappa shape index (κ1) is 14.1. The molecule has 21 heavy (non-hydrogen) atoms. The number of aliphatic hydroxyl groups excluding tert-OH is 1. The predicted octanol–water partition coefficient (Wildman–Crippen LogP) is 1.87. The van der Waals surface area contributed by atoms with E-state index in [0.29, 0.717) is 5.92 Å². The minimum Gasteiger partial charge on any atom is -0.493 e. The number of piperidine rings is 1. The molecule has 0 spiro atoms. The molecule has 112 valence electrons. The smallest absolute Gasteiger partial charge is 0.246 e. The van der Waals surface area contributed by atoms with E-state index in [4.69, 9.17) is 9.84 Å². The third-order valence-electron chi connectivity index (χ3n) is 4.32. The largest absolute Gasteiger partial charge is 0.493 e.